The van der Waals surface area contributed by atoms with Crippen LogP contribution in [0.1, 0.15) is 5.56 Å². The van der Waals surface area contributed by atoms with E-state index in [1.165, 1.54) is 7.11 Å². The molecule has 18 heavy (non-hydrogen) atoms. The van der Waals surface area contributed by atoms with Crippen LogP contribution in [0.5, 0.6) is 0 Å². The number of esters is 1. The minimum Gasteiger partial charge on any atom is -0.468 e. The minimum absolute atomic E-state index is 0.217. The lowest BCUT2D eigenvalue weighted by Crippen LogP contribution is -2.53. The number of methoxy groups -OCH3 is 1. The zero-order valence-electron chi connectivity index (χ0n) is 10.2. The summed E-state index contributed by atoms with van der Waals surface area (Å²) in [7, 11) is 1.42. The molecule has 2 aromatic carbocycles. The Hall–Kier alpha value is -1.87. The summed E-state index contributed by atoms with van der Waals surface area (Å²) in [5.74, 6) is -0.217. The van der Waals surface area contributed by atoms with Crippen LogP contribution < -0.4 is 0 Å². The molecule has 0 spiro atoms. The van der Waals surface area contributed by atoms with Crippen molar-refractivity contribution in [3.63, 3.8) is 0 Å². The van der Waals surface area contributed by atoms with Gasteiger partial charge in [0, 0.05) is 0 Å². The first kappa shape index (κ1) is 11.2. The van der Waals surface area contributed by atoms with E-state index in [9.17, 15) is 4.79 Å². The van der Waals surface area contributed by atoms with Crippen molar-refractivity contribution in [3.05, 3.63) is 48.0 Å². The number of hydrogen-bond acceptors (Lipinski definition) is 3. The average molecular weight is 242 g/mol. The molecule has 1 aliphatic heterocycles. The second kappa shape index (κ2) is 4.10. The molecule has 1 fully saturated rings. The Morgan fingerprint density at radius 3 is 2.56 bits per heavy atom. The van der Waals surface area contributed by atoms with Crippen LogP contribution in [-0.4, -0.2) is 26.3 Å². The SMILES string of the molecule is COC(=O)C1(c2cccc3ccccc23)COC1. The number of carbonyl (C=O) groups excluding carboxylic acids is 1. The molecule has 3 nitrogen and oxygen atoms in total. The van der Waals surface area contributed by atoms with Gasteiger partial charge in [0.25, 0.3) is 0 Å². The third-order valence-electron chi connectivity index (χ3n) is 3.58. The summed E-state index contributed by atoms with van der Waals surface area (Å²) in [5.41, 5.74) is 0.369. The van der Waals surface area contributed by atoms with Crippen LogP contribution in [0.4, 0.5) is 0 Å². The largest absolute Gasteiger partial charge is 0.468 e. The lowest BCUT2D eigenvalue weighted by molar-refractivity contribution is -0.166. The highest BCUT2D eigenvalue weighted by Crippen LogP contribution is 2.37. The summed E-state index contributed by atoms with van der Waals surface area (Å²) in [5, 5.41) is 2.22. The van der Waals surface area contributed by atoms with Gasteiger partial charge in [-0.1, -0.05) is 42.5 Å². The standard InChI is InChI=1S/C15H14O3/c1-17-14(16)15(9-18-10-15)13-8-4-6-11-5-2-3-7-12(11)13/h2-8H,9-10H2,1H3. The average Bonchev–Trinajstić information content (AvgIpc) is 2.37. The van der Waals surface area contributed by atoms with Crippen molar-refractivity contribution in [2.45, 2.75) is 5.41 Å². The molecule has 0 N–H and O–H groups in total. The Morgan fingerprint density at radius 2 is 1.89 bits per heavy atom. The molecule has 0 aromatic heterocycles. The highest BCUT2D eigenvalue weighted by molar-refractivity contribution is 5.94. The molecule has 1 heterocycles. The molecular weight excluding hydrogens is 228 g/mol. The van der Waals surface area contributed by atoms with Gasteiger partial charge in [-0.25, -0.2) is 0 Å². The second-order valence-electron chi connectivity index (χ2n) is 4.59. The Bertz CT molecular complexity index is 594. The maximum absolute atomic E-state index is 12.1. The quantitative estimate of drug-likeness (QED) is 0.758. The molecule has 92 valence electrons. The molecule has 2 aromatic rings. The van der Waals surface area contributed by atoms with Crippen LogP contribution in [-0.2, 0) is 19.7 Å². The minimum atomic E-state index is -0.629. The van der Waals surface area contributed by atoms with Crippen molar-refractivity contribution in [2.24, 2.45) is 0 Å². The highest BCUT2D eigenvalue weighted by atomic mass is 16.5. The molecule has 3 rings (SSSR count). The third-order valence-corrected chi connectivity index (χ3v) is 3.58. The van der Waals surface area contributed by atoms with Gasteiger partial charge in [-0.3, -0.25) is 4.79 Å². The first-order valence-electron chi connectivity index (χ1n) is 5.92. The summed E-state index contributed by atoms with van der Waals surface area (Å²) < 4.78 is 10.2. The number of hydrogen-bond donors (Lipinski definition) is 0. The van der Waals surface area contributed by atoms with Crippen LogP contribution in [0.2, 0.25) is 0 Å². The molecule has 0 aliphatic carbocycles. The normalized spacial score (nSPS) is 17.2. The molecule has 0 saturated carbocycles. The molecule has 0 amide bonds. The Morgan fingerprint density at radius 1 is 1.17 bits per heavy atom. The molecule has 0 radical (unpaired) electrons. The first-order valence-corrected chi connectivity index (χ1v) is 5.92. The topological polar surface area (TPSA) is 35.5 Å². The van der Waals surface area contributed by atoms with Gasteiger partial charge in [0.05, 0.1) is 20.3 Å². The lowest BCUT2D eigenvalue weighted by Gasteiger charge is -2.39. The summed E-state index contributed by atoms with van der Waals surface area (Å²) >= 11 is 0. The molecule has 1 aliphatic rings. The van der Waals surface area contributed by atoms with Crippen LogP contribution in [0.25, 0.3) is 10.8 Å². The van der Waals surface area contributed by atoms with Gasteiger partial charge in [0.2, 0.25) is 0 Å². The van der Waals surface area contributed by atoms with E-state index in [0.29, 0.717) is 13.2 Å². The zero-order valence-corrected chi connectivity index (χ0v) is 10.2. The maximum atomic E-state index is 12.1. The highest BCUT2D eigenvalue weighted by Gasteiger charge is 2.49. The van der Waals surface area contributed by atoms with E-state index >= 15 is 0 Å². The summed E-state index contributed by atoms with van der Waals surface area (Å²) in [4.78, 5) is 12.1. The molecular formula is C15H14O3. The summed E-state index contributed by atoms with van der Waals surface area (Å²) in [6, 6.07) is 14.1. The molecule has 1 saturated heterocycles. The smallest absolute Gasteiger partial charge is 0.321 e. The van der Waals surface area contributed by atoms with E-state index in [4.69, 9.17) is 9.47 Å². The van der Waals surface area contributed by atoms with Gasteiger partial charge in [0.1, 0.15) is 5.41 Å². The predicted molar refractivity (Wildman–Crippen MR) is 68.5 cm³/mol. The Labute approximate surface area is 105 Å². The Kier molecular flexibility index (Phi) is 2.56. The first-order chi connectivity index (χ1) is 8.78. The van der Waals surface area contributed by atoms with Gasteiger partial charge >= 0.3 is 5.97 Å². The number of benzene rings is 2. The predicted octanol–water partition coefficient (Wildman–Crippen LogP) is 2.28. The number of rotatable bonds is 2. The number of ether oxygens (including phenoxy) is 2. The van der Waals surface area contributed by atoms with Crippen molar-refractivity contribution < 1.29 is 14.3 Å². The fourth-order valence-corrected chi connectivity index (χ4v) is 2.53. The van der Waals surface area contributed by atoms with Crippen molar-refractivity contribution in [3.8, 4) is 0 Å². The Balaban J connectivity index is 2.22. The molecule has 0 unspecified atom stereocenters. The van der Waals surface area contributed by atoms with E-state index < -0.39 is 5.41 Å². The van der Waals surface area contributed by atoms with Crippen molar-refractivity contribution in [2.75, 3.05) is 20.3 Å². The van der Waals surface area contributed by atoms with E-state index in [0.717, 1.165) is 16.3 Å². The fourth-order valence-electron chi connectivity index (χ4n) is 2.53. The second-order valence-corrected chi connectivity index (χ2v) is 4.59. The lowest BCUT2D eigenvalue weighted by atomic mass is 9.76. The fraction of sp³-hybridized carbons (Fsp3) is 0.267. The van der Waals surface area contributed by atoms with Crippen LogP contribution in [0.3, 0.4) is 0 Å². The van der Waals surface area contributed by atoms with Crippen LogP contribution in [0, 0.1) is 0 Å². The van der Waals surface area contributed by atoms with E-state index in [2.05, 4.69) is 0 Å². The zero-order chi connectivity index (χ0) is 12.6. The van der Waals surface area contributed by atoms with E-state index in [1.807, 2.05) is 42.5 Å². The molecule has 0 bridgehead atoms. The van der Waals surface area contributed by atoms with Gasteiger partial charge in [-0.15, -0.1) is 0 Å². The van der Waals surface area contributed by atoms with Crippen LogP contribution in [0.15, 0.2) is 42.5 Å². The van der Waals surface area contributed by atoms with Gasteiger partial charge in [-0.2, -0.15) is 0 Å². The molecule has 3 heteroatoms. The monoisotopic (exact) mass is 242 g/mol. The summed E-state index contributed by atoms with van der Waals surface area (Å²) in [6.45, 7) is 0.793. The van der Waals surface area contributed by atoms with E-state index in [1.54, 1.807) is 0 Å². The van der Waals surface area contributed by atoms with Crippen molar-refractivity contribution in [1.82, 2.24) is 0 Å². The van der Waals surface area contributed by atoms with Crippen LogP contribution >= 0.6 is 0 Å². The number of fused-ring (bicyclic) bond motifs is 1. The number of carbonyl (C=O) groups is 1. The summed E-state index contributed by atoms with van der Waals surface area (Å²) in [6.07, 6.45) is 0. The van der Waals surface area contributed by atoms with Gasteiger partial charge < -0.3 is 9.47 Å². The van der Waals surface area contributed by atoms with Crippen molar-refractivity contribution in [1.29, 1.82) is 0 Å². The molecule has 0 atom stereocenters. The van der Waals surface area contributed by atoms with Gasteiger partial charge in [0.15, 0.2) is 0 Å². The third kappa shape index (κ3) is 1.44. The van der Waals surface area contributed by atoms with Crippen molar-refractivity contribution >= 4 is 16.7 Å². The maximum Gasteiger partial charge on any atom is 0.321 e. The van der Waals surface area contributed by atoms with Gasteiger partial charge in [-0.05, 0) is 16.3 Å². The van der Waals surface area contributed by atoms with E-state index in [-0.39, 0.29) is 5.97 Å².